The van der Waals surface area contributed by atoms with E-state index in [1.54, 1.807) is 0 Å². The third-order valence-corrected chi connectivity index (χ3v) is 4.76. The zero-order valence-corrected chi connectivity index (χ0v) is 19.5. The van der Waals surface area contributed by atoms with Crippen LogP contribution in [-0.4, -0.2) is 66.6 Å². The SMILES string of the molecule is CCNC(=NCc1ccccc1)NCCCN1CCN(c2ncccn2)CC1.I. The first-order valence-electron chi connectivity index (χ1n) is 10.2. The molecule has 0 saturated carbocycles. The lowest BCUT2D eigenvalue weighted by molar-refractivity contribution is 0.254. The van der Waals surface area contributed by atoms with E-state index in [2.05, 4.69) is 66.6 Å². The van der Waals surface area contributed by atoms with Crippen LogP contribution in [0.15, 0.2) is 53.8 Å². The fraction of sp³-hybridized carbons (Fsp3) is 0.476. The molecular formula is C21H32IN7. The molecule has 1 aromatic heterocycles. The molecule has 0 aliphatic carbocycles. The van der Waals surface area contributed by atoms with Gasteiger partial charge in [-0.1, -0.05) is 30.3 Å². The Labute approximate surface area is 191 Å². The van der Waals surface area contributed by atoms with E-state index in [0.29, 0.717) is 6.54 Å². The molecule has 0 spiro atoms. The lowest BCUT2D eigenvalue weighted by atomic mass is 10.2. The Morgan fingerprint density at radius 2 is 1.72 bits per heavy atom. The number of halogens is 1. The normalized spacial score (nSPS) is 14.9. The van der Waals surface area contributed by atoms with Crippen LogP contribution in [0.2, 0.25) is 0 Å². The number of aliphatic imine (C=N–C) groups is 1. The van der Waals surface area contributed by atoms with Crippen molar-refractivity contribution < 1.29 is 0 Å². The number of piperazine rings is 1. The van der Waals surface area contributed by atoms with Crippen molar-refractivity contribution in [2.75, 3.05) is 50.7 Å². The minimum atomic E-state index is 0. The molecule has 2 heterocycles. The number of rotatable bonds is 8. The molecule has 158 valence electrons. The third kappa shape index (κ3) is 8.14. The molecule has 1 aliphatic rings. The highest BCUT2D eigenvalue weighted by molar-refractivity contribution is 14.0. The summed E-state index contributed by atoms with van der Waals surface area (Å²) in [6.45, 7) is 9.74. The summed E-state index contributed by atoms with van der Waals surface area (Å²) in [4.78, 5) is 18.1. The van der Waals surface area contributed by atoms with E-state index in [4.69, 9.17) is 0 Å². The Kier molecular flexibility index (Phi) is 10.7. The van der Waals surface area contributed by atoms with Crippen LogP contribution >= 0.6 is 24.0 Å². The Bertz CT molecular complexity index is 703. The highest BCUT2D eigenvalue weighted by Crippen LogP contribution is 2.09. The van der Waals surface area contributed by atoms with Crippen molar-refractivity contribution in [1.82, 2.24) is 25.5 Å². The van der Waals surface area contributed by atoms with Gasteiger partial charge in [0.1, 0.15) is 0 Å². The second-order valence-electron chi connectivity index (χ2n) is 6.84. The second kappa shape index (κ2) is 13.3. The van der Waals surface area contributed by atoms with Crippen molar-refractivity contribution in [3.05, 3.63) is 54.4 Å². The van der Waals surface area contributed by atoms with Crippen molar-refractivity contribution >= 4 is 35.9 Å². The average Bonchev–Trinajstić information content (AvgIpc) is 2.76. The molecule has 3 rings (SSSR count). The van der Waals surface area contributed by atoms with Crippen molar-refractivity contribution in [3.8, 4) is 0 Å². The quantitative estimate of drug-likeness (QED) is 0.247. The van der Waals surface area contributed by atoms with E-state index in [0.717, 1.165) is 64.1 Å². The fourth-order valence-corrected chi connectivity index (χ4v) is 3.23. The van der Waals surface area contributed by atoms with Gasteiger partial charge in [0, 0.05) is 51.7 Å². The molecule has 2 N–H and O–H groups in total. The predicted molar refractivity (Wildman–Crippen MR) is 130 cm³/mol. The van der Waals surface area contributed by atoms with E-state index >= 15 is 0 Å². The first kappa shape index (κ1) is 23.3. The van der Waals surface area contributed by atoms with Gasteiger partial charge >= 0.3 is 0 Å². The van der Waals surface area contributed by atoms with Crippen LogP contribution < -0.4 is 15.5 Å². The van der Waals surface area contributed by atoms with Crippen molar-refractivity contribution in [3.63, 3.8) is 0 Å². The number of nitrogens with one attached hydrogen (secondary N) is 2. The van der Waals surface area contributed by atoms with Crippen LogP contribution in [0.1, 0.15) is 18.9 Å². The number of hydrogen-bond acceptors (Lipinski definition) is 5. The van der Waals surface area contributed by atoms with Crippen LogP contribution in [0.25, 0.3) is 0 Å². The van der Waals surface area contributed by atoms with E-state index < -0.39 is 0 Å². The van der Waals surface area contributed by atoms with E-state index in [1.807, 2.05) is 24.5 Å². The maximum Gasteiger partial charge on any atom is 0.225 e. The summed E-state index contributed by atoms with van der Waals surface area (Å²) in [6, 6.07) is 12.2. The van der Waals surface area contributed by atoms with Gasteiger partial charge in [-0.05, 0) is 31.5 Å². The Morgan fingerprint density at radius 1 is 1.00 bits per heavy atom. The number of aromatic nitrogens is 2. The number of benzene rings is 1. The van der Waals surface area contributed by atoms with Gasteiger partial charge in [-0.15, -0.1) is 24.0 Å². The molecule has 29 heavy (non-hydrogen) atoms. The van der Waals surface area contributed by atoms with E-state index in [1.165, 1.54) is 5.56 Å². The highest BCUT2D eigenvalue weighted by Gasteiger charge is 2.18. The largest absolute Gasteiger partial charge is 0.357 e. The predicted octanol–water partition coefficient (Wildman–Crippen LogP) is 2.36. The van der Waals surface area contributed by atoms with Crippen LogP contribution in [0.4, 0.5) is 5.95 Å². The van der Waals surface area contributed by atoms with Gasteiger partial charge in [0.15, 0.2) is 5.96 Å². The molecule has 8 heteroatoms. The number of anilines is 1. The zero-order valence-electron chi connectivity index (χ0n) is 17.1. The second-order valence-corrected chi connectivity index (χ2v) is 6.84. The first-order valence-corrected chi connectivity index (χ1v) is 10.2. The molecule has 1 fully saturated rings. The molecule has 1 saturated heterocycles. The standard InChI is InChI=1S/C21H31N7.HI/c1-2-22-20(26-18-19-8-4-3-5-9-19)23-12-7-13-27-14-16-28(17-15-27)21-24-10-6-11-25-21;/h3-6,8-11H,2,7,12-18H2,1H3,(H2,22,23,26);1H. The van der Waals surface area contributed by atoms with Crippen molar-refractivity contribution in [2.24, 2.45) is 4.99 Å². The number of nitrogens with zero attached hydrogens (tertiary/aromatic N) is 5. The summed E-state index contributed by atoms with van der Waals surface area (Å²) < 4.78 is 0. The van der Waals surface area contributed by atoms with Crippen molar-refractivity contribution in [2.45, 2.75) is 19.9 Å². The maximum atomic E-state index is 4.67. The lowest BCUT2D eigenvalue weighted by Gasteiger charge is -2.34. The van der Waals surface area contributed by atoms with Gasteiger partial charge in [-0.2, -0.15) is 0 Å². The van der Waals surface area contributed by atoms with Gasteiger partial charge in [0.05, 0.1) is 6.54 Å². The molecule has 2 aromatic rings. The molecular weight excluding hydrogens is 477 g/mol. The molecule has 0 amide bonds. The fourth-order valence-electron chi connectivity index (χ4n) is 3.23. The van der Waals surface area contributed by atoms with Gasteiger partial charge in [0.2, 0.25) is 5.95 Å². The lowest BCUT2D eigenvalue weighted by Crippen LogP contribution is -2.47. The zero-order chi connectivity index (χ0) is 19.4. The van der Waals surface area contributed by atoms with Crippen LogP contribution in [0, 0.1) is 0 Å². The highest BCUT2D eigenvalue weighted by atomic mass is 127. The summed E-state index contributed by atoms with van der Waals surface area (Å²) in [5.74, 6) is 1.73. The monoisotopic (exact) mass is 509 g/mol. The molecule has 7 nitrogen and oxygen atoms in total. The summed E-state index contributed by atoms with van der Waals surface area (Å²) >= 11 is 0. The summed E-state index contributed by atoms with van der Waals surface area (Å²) in [5.41, 5.74) is 1.22. The Morgan fingerprint density at radius 3 is 2.41 bits per heavy atom. The van der Waals surface area contributed by atoms with Gasteiger partial charge in [-0.25, -0.2) is 15.0 Å². The molecule has 0 radical (unpaired) electrons. The molecule has 1 aromatic carbocycles. The summed E-state index contributed by atoms with van der Waals surface area (Å²) in [7, 11) is 0. The van der Waals surface area contributed by atoms with Crippen molar-refractivity contribution in [1.29, 1.82) is 0 Å². The van der Waals surface area contributed by atoms with Crippen LogP contribution in [0.5, 0.6) is 0 Å². The maximum absolute atomic E-state index is 4.67. The summed E-state index contributed by atoms with van der Waals surface area (Å²) in [6.07, 6.45) is 4.71. The minimum Gasteiger partial charge on any atom is -0.357 e. The van der Waals surface area contributed by atoms with Gasteiger partial charge in [0.25, 0.3) is 0 Å². The number of hydrogen-bond donors (Lipinski definition) is 2. The molecule has 0 atom stereocenters. The topological polar surface area (TPSA) is 68.7 Å². The van der Waals surface area contributed by atoms with E-state index in [-0.39, 0.29) is 24.0 Å². The third-order valence-electron chi connectivity index (χ3n) is 4.76. The van der Waals surface area contributed by atoms with Gasteiger partial charge in [-0.3, -0.25) is 4.90 Å². The van der Waals surface area contributed by atoms with Crippen LogP contribution in [0.3, 0.4) is 0 Å². The molecule has 1 aliphatic heterocycles. The number of guanidine groups is 1. The smallest absolute Gasteiger partial charge is 0.225 e. The first-order chi connectivity index (χ1) is 13.8. The minimum absolute atomic E-state index is 0. The molecule has 0 unspecified atom stereocenters. The Hall–Kier alpha value is -1.94. The summed E-state index contributed by atoms with van der Waals surface area (Å²) in [5, 5.41) is 6.77. The Balaban J connectivity index is 0.00000300. The molecule has 0 bridgehead atoms. The van der Waals surface area contributed by atoms with E-state index in [9.17, 15) is 0 Å². The average molecular weight is 509 g/mol. The van der Waals surface area contributed by atoms with Crippen LogP contribution in [-0.2, 0) is 6.54 Å². The van der Waals surface area contributed by atoms with Gasteiger partial charge < -0.3 is 15.5 Å².